The summed E-state index contributed by atoms with van der Waals surface area (Å²) in [5.41, 5.74) is 0.977. The number of aryl methyl sites for hydroxylation is 1. The van der Waals surface area contributed by atoms with E-state index >= 15 is 0 Å². The maximum atomic E-state index is 11.0. The third-order valence-corrected chi connectivity index (χ3v) is 2.87. The Bertz CT molecular complexity index is 696. The normalized spacial score (nSPS) is 10.0. The highest BCUT2D eigenvalue weighted by molar-refractivity contribution is 5.81. The molecule has 0 aliphatic carbocycles. The zero-order valence-electron chi connectivity index (χ0n) is 11.5. The summed E-state index contributed by atoms with van der Waals surface area (Å²) in [6.07, 6.45) is 0.635. The molecule has 0 heterocycles. The molecule has 6 heteroatoms. The number of ether oxygens (including phenoxy) is 2. The molecule has 2 aromatic carbocycles. The Morgan fingerprint density at radius 2 is 1.95 bits per heavy atom. The van der Waals surface area contributed by atoms with E-state index in [1.165, 1.54) is 13.2 Å². The van der Waals surface area contributed by atoms with Crippen LogP contribution in [0.15, 0.2) is 36.4 Å². The number of rotatable bonds is 5. The standard InChI is InChI=1S/C15H13NO5/c1-10-6-7-12(16(18)19)14(8-10)21-13-5-3-4-11(9-17)15(13)20-2/h3-9H,1-2H3. The molecule has 0 saturated carbocycles. The monoisotopic (exact) mass is 287 g/mol. The molecule has 0 aliphatic rings. The molecule has 0 fully saturated rings. The Hall–Kier alpha value is -2.89. The van der Waals surface area contributed by atoms with Crippen molar-refractivity contribution in [1.82, 2.24) is 0 Å². The van der Waals surface area contributed by atoms with Crippen LogP contribution in [0.3, 0.4) is 0 Å². The Kier molecular flexibility index (Phi) is 4.18. The van der Waals surface area contributed by atoms with Crippen molar-refractivity contribution in [2.75, 3.05) is 7.11 Å². The predicted octanol–water partition coefficient (Wildman–Crippen LogP) is 3.52. The number of methoxy groups -OCH3 is 1. The van der Waals surface area contributed by atoms with E-state index in [-0.39, 0.29) is 22.9 Å². The SMILES string of the molecule is COc1c(C=O)cccc1Oc1cc(C)ccc1[N+](=O)[O-]. The molecule has 21 heavy (non-hydrogen) atoms. The second-order valence-electron chi connectivity index (χ2n) is 4.33. The largest absolute Gasteiger partial charge is 0.492 e. The van der Waals surface area contributed by atoms with Crippen molar-refractivity contribution in [3.63, 3.8) is 0 Å². The zero-order valence-corrected chi connectivity index (χ0v) is 11.5. The van der Waals surface area contributed by atoms with Crippen LogP contribution >= 0.6 is 0 Å². The molecule has 0 atom stereocenters. The summed E-state index contributed by atoms with van der Waals surface area (Å²) in [5.74, 6) is 0.584. The van der Waals surface area contributed by atoms with Gasteiger partial charge in [0.15, 0.2) is 17.8 Å². The first-order chi connectivity index (χ1) is 10.1. The number of hydrogen-bond donors (Lipinski definition) is 0. The van der Waals surface area contributed by atoms with E-state index in [9.17, 15) is 14.9 Å². The van der Waals surface area contributed by atoms with Gasteiger partial charge < -0.3 is 9.47 Å². The van der Waals surface area contributed by atoms with Crippen LogP contribution in [0.25, 0.3) is 0 Å². The second-order valence-corrected chi connectivity index (χ2v) is 4.33. The fourth-order valence-corrected chi connectivity index (χ4v) is 1.90. The van der Waals surface area contributed by atoms with Gasteiger partial charge in [0.1, 0.15) is 0 Å². The summed E-state index contributed by atoms with van der Waals surface area (Å²) in [7, 11) is 1.40. The Morgan fingerprint density at radius 3 is 2.57 bits per heavy atom. The van der Waals surface area contributed by atoms with Gasteiger partial charge in [0.25, 0.3) is 0 Å². The number of nitro groups is 1. The molecule has 2 rings (SSSR count). The fourth-order valence-electron chi connectivity index (χ4n) is 1.90. The first kappa shape index (κ1) is 14.5. The van der Waals surface area contributed by atoms with Crippen molar-refractivity contribution in [3.8, 4) is 17.2 Å². The molecule has 2 aromatic rings. The van der Waals surface area contributed by atoms with E-state index in [0.29, 0.717) is 11.8 Å². The molecule has 0 saturated heterocycles. The number of nitrogens with zero attached hydrogens (tertiary/aromatic N) is 1. The van der Waals surface area contributed by atoms with Gasteiger partial charge in [-0.3, -0.25) is 14.9 Å². The first-order valence-corrected chi connectivity index (χ1v) is 6.12. The lowest BCUT2D eigenvalue weighted by Gasteiger charge is -2.12. The molecule has 0 N–H and O–H groups in total. The van der Waals surface area contributed by atoms with Crippen LogP contribution in [0, 0.1) is 17.0 Å². The molecular weight excluding hydrogens is 274 g/mol. The highest BCUT2D eigenvalue weighted by atomic mass is 16.6. The topological polar surface area (TPSA) is 78.7 Å². The van der Waals surface area contributed by atoms with Gasteiger partial charge in [-0.15, -0.1) is 0 Å². The highest BCUT2D eigenvalue weighted by Gasteiger charge is 2.18. The molecule has 0 amide bonds. The third kappa shape index (κ3) is 3.00. The fraction of sp³-hybridized carbons (Fsp3) is 0.133. The lowest BCUT2D eigenvalue weighted by molar-refractivity contribution is -0.385. The van der Waals surface area contributed by atoms with Crippen molar-refractivity contribution < 1.29 is 19.2 Å². The molecule has 0 radical (unpaired) electrons. The minimum absolute atomic E-state index is 0.0985. The van der Waals surface area contributed by atoms with Crippen molar-refractivity contribution in [2.45, 2.75) is 6.92 Å². The van der Waals surface area contributed by atoms with Crippen LogP contribution in [-0.4, -0.2) is 18.3 Å². The predicted molar refractivity (Wildman–Crippen MR) is 76.3 cm³/mol. The van der Waals surface area contributed by atoms with Gasteiger partial charge in [0, 0.05) is 6.07 Å². The average Bonchev–Trinajstić information content (AvgIpc) is 2.46. The van der Waals surface area contributed by atoms with Crippen molar-refractivity contribution in [2.24, 2.45) is 0 Å². The molecule has 0 aliphatic heterocycles. The summed E-state index contributed by atoms with van der Waals surface area (Å²) >= 11 is 0. The van der Waals surface area contributed by atoms with E-state index < -0.39 is 4.92 Å². The number of nitro benzene ring substituents is 1. The number of hydrogen-bond acceptors (Lipinski definition) is 5. The summed E-state index contributed by atoms with van der Waals surface area (Å²) in [5, 5.41) is 11.0. The van der Waals surface area contributed by atoms with Gasteiger partial charge in [0.05, 0.1) is 17.6 Å². The van der Waals surface area contributed by atoms with Crippen LogP contribution in [0.4, 0.5) is 5.69 Å². The third-order valence-electron chi connectivity index (χ3n) is 2.87. The van der Waals surface area contributed by atoms with Gasteiger partial charge in [-0.25, -0.2) is 0 Å². The van der Waals surface area contributed by atoms with E-state index in [4.69, 9.17) is 9.47 Å². The van der Waals surface area contributed by atoms with Crippen LogP contribution in [-0.2, 0) is 0 Å². The van der Waals surface area contributed by atoms with Crippen LogP contribution in [0.1, 0.15) is 15.9 Å². The van der Waals surface area contributed by atoms with E-state index in [0.717, 1.165) is 5.56 Å². The van der Waals surface area contributed by atoms with E-state index in [2.05, 4.69) is 0 Å². The average molecular weight is 287 g/mol. The van der Waals surface area contributed by atoms with Crippen LogP contribution < -0.4 is 9.47 Å². The van der Waals surface area contributed by atoms with E-state index in [1.807, 2.05) is 0 Å². The van der Waals surface area contributed by atoms with E-state index in [1.54, 1.807) is 37.3 Å². The smallest absolute Gasteiger partial charge is 0.311 e. The second kappa shape index (κ2) is 6.04. The molecule has 0 bridgehead atoms. The van der Waals surface area contributed by atoms with Gasteiger partial charge in [-0.05, 0) is 30.7 Å². The number of benzene rings is 2. The number of carbonyl (C=O) groups is 1. The zero-order chi connectivity index (χ0) is 15.4. The minimum atomic E-state index is -0.523. The molecule has 0 spiro atoms. The van der Waals surface area contributed by atoms with Gasteiger partial charge >= 0.3 is 5.69 Å². The Balaban J connectivity index is 2.50. The number of para-hydroxylation sites is 1. The van der Waals surface area contributed by atoms with Crippen molar-refractivity contribution in [3.05, 3.63) is 57.6 Å². The number of aldehydes is 1. The lowest BCUT2D eigenvalue weighted by Crippen LogP contribution is -1.97. The Morgan fingerprint density at radius 1 is 1.19 bits per heavy atom. The molecular formula is C15H13NO5. The molecule has 6 nitrogen and oxygen atoms in total. The summed E-state index contributed by atoms with van der Waals surface area (Å²) in [6.45, 7) is 1.80. The molecule has 0 aromatic heterocycles. The van der Waals surface area contributed by atoms with Gasteiger partial charge in [-0.2, -0.15) is 0 Å². The molecule has 108 valence electrons. The maximum absolute atomic E-state index is 11.0. The van der Waals surface area contributed by atoms with Gasteiger partial charge in [0.2, 0.25) is 5.75 Å². The molecule has 0 unspecified atom stereocenters. The van der Waals surface area contributed by atoms with Crippen LogP contribution in [0.2, 0.25) is 0 Å². The van der Waals surface area contributed by atoms with Crippen LogP contribution in [0.5, 0.6) is 17.2 Å². The van der Waals surface area contributed by atoms with Crippen molar-refractivity contribution >= 4 is 12.0 Å². The Labute approximate surface area is 121 Å². The summed E-state index contributed by atoms with van der Waals surface area (Å²) in [6, 6.07) is 9.33. The summed E-state index contributed by atoms with van der Waals surface area (Å²) < 4.78 is 10.7. The quantitative estimate of drug-likeness (QED) is 0.477. The first-order valence-electron chi connectivity index (χ1n) is 6.12. The van der Waals surface area contributed by atoms with Gasteiger partial charge in [-0.1, -0.05) is 12.1 Å². The summed E-state index contributed by atoms with van der Waals surface area (Å²) in [4.78, 5) is 21.5. The highest BCUT2D eigenvalue weighted by Crippen LogP contribution is 2.37. The number of carbonyl (C=O) groups excluding carboxylic acids is 1. The maximum Gasteiger partial charge on any atom is 0.311 e. The van der Waals surface area contributed by atoms with Crippen molar-refractivity contribution in [1.29, 1.82) is 0 Å². The lowest BCUT2D eigenvalue weighted by atomic mass is 10.2. The minimum Gasteiger partial charge on any atom is -0.492 e.